The van der Waals surface area contributed by atoms with Gasteiger partial charge in [0.25, 0.3) is 0 Å². The Morgan fingerprint density at radius 2 is 2.06 bits per heavy atom. The van der Waals surface area contributed by atoms with Gasteiger partial charge in [0.05, 0.1) is 18.4 Å². The maximum atomic E-state index is 11.5. The molecule has 0 aromatic heterocycles. The van der Waals surface area contributed by atoms with Crippen molar-refractivity contribution in [3.8, 4) is 0 Å². The molecule has 0 atom stereocenters. The summed E-state index contributed by atoms with van der Waals surface area (Å²) in [4.78, 5) is 22.8. The molecule has 0 saturated heterocycles. The lowest BCUT2D eigenvalue weighted by molar-refractivity contribution is -0.119. The first-order valence-corrected chi connectivity index (χ1v) is 5.13. The molecular formula is C11H12ClNO4. The van der Waals surface area contributed by atoms with Gasteiger partial charge in [-0.1, -0.05) is 11.6 Å². The maximum absolute atomic E-state index is 11.5. The predicted octanol–water partition coefficient (Wildman–Crippen LogP) is 1.71. The molecule has 1 amide bonds. The van der Waals surface area contributed by atoms with Gasteiger partial charge in [0.15, 0.2) is 0 Å². The summed E-state index contributed by atoms with van der Waals surface area (Å²) in [6.45, 7) is -0.0940. The third-order valence-electron chi connectivity index (χ3n) is 1.94. The number of benzene rings is 1. The van der Waals surface area contributed by atoms with E-state index in [-0.39, 0.29) is 18.1 Å². The number of carbonyl (C=O) groups excluding carboxylic acids is 2. The lowest BCUT2D eigenvalue weighted by Crippen LogP contribution is -2.19. The van der Waals surface area contributed by atoms with Crippen molar-refractivity contribution < 1.29 is 19.1 Å². The molecule has 17 heavy (non-hydrogen) atoms. The molecule has 0 fully saturated rings. The number of halogens is 1. The average Bonchev–Trinajstić information content (AvgIpc) is 2.30. The molecule has 0 bridgehead atoms. The summed E-state index contributed by atoms with van der Waals surface area (Å²) >= 11 is 5.77. The Balaban J connectivity index is 2.98. The van der Waals surface area contributed by atoms with Crippen LogP contribution < -0.4 is 5.32 Å². The second-order valence-corrected chi connectivity index (χ2v) is 3.60. The van der Waals surface area contributed by atoms with Crippen LogP contribution in [0.2, 0.25) is 5.02 Å². The number of ether oxygens (including phenoxy) is 2. The van der Waals surface area contributed by atoms with Gasteiger partial charge in [0.1, 0.15) is 6.61 Å². The highest BCUT2D eigenvalue weighted by Gasteiger charge is 2.14. The minimum atomic E-state index is -0.569. The van der Waals surface area contributed by atoms with Crippen LogP contribution >= 0.6 is 11.6 Å². The van der Waals surface area contributed by atoms with Gasteiger partial charge in [0.2, 0.25) is 5.91 Å². The molecule has 1 N–H and O–H groups in total. The third-order valence-corrected chi connectivity index (χ3v) is 2.17. The van der Waals surface area contributed by atoms with Crippen molar-refractivity contribution in [2.24, 2.45) is 0 Å². The molecule has 0 radical (unpaired) electrons. The van der Waals surface area contributed by atoms with Crippen LogP contribution in [0.15, 0.2) is 18.2 Å². The lowest BCUT2D eigenvalue weighted by Gasteiger charge is -2.09. The van der Waals surface area contributed by atoms with Gasteiger partial charge in [-0.2, -0.15) is 0 Å². The zero-order chi connectivity index (χ0) is 12.8. The molecule has 0 heterocycles. The quantitative estimate of drug-likeness (QED) is 0.834. The number of methoxy groups -OCH3 is 2. The first-order valence-electron chi connectivity index (χ1n) is 4.75. The predicted molar refractivity (Wildman–Crippen MR) is 63.3 cm³/mol. The van der Waals surface area contributed by atoms with Gasteiger partial charge in [-0.05, 0) is 18.2 Å². The lowest BCUT2D eigenvalue weighted by atomic mass is 10.2. The summed E-state index contributed by atoms with van der Waals surface area (Å²) in [5, 5.41) is 2.91. The molecule has 6 heteroatoms. The molecule has 0 unspecified atom stereocenters. The van der Waals surface area contributed by atoms with Crippen LogP contribution in [0.25, 0.3) is 0 Å². The van der Waals surface area contributed by atoms with Crippen molar-refractivity contribution in [1.29, 1.82) is 0 Å². The number of carbonyl (C=O) groups is 2. The Hall–Kier alpha value is -1.59. The van der Waals surface area contributed by atoms with Gasteiger partial charge in [0, 0.05) is 12.1 Å². The van der Waals surface area contributed by atoms with Crippen LogP contribution in [0.3, 0.4) is 0 Å². The number of hydrogen-bond acceptors (Lipinski definition) is 4. The summed E-state index contributed by atoms with van der Waals surface area (Å²) < 4.78 is 9.27. The molecule has 0 aliphatic rings. The fraction of sp³-hybridized carbons (Fsp3) is 0.273. The van der Waals surface area contributed by atoms with Gasteiger partial charge in [-0.15, -0.1) is 0 Å². The zero-order valence-electron chi connectivity index (χ0n) is 9.45. The molecule has 0 aliphatic carbocycles. The van der Waals surface area contributed by atoms with Crippen molar-refractivity contribution in [1.82, 2.24) is 0 Å². The molecule has 1 aromatic rings. The summed E-state index contributed by atoms with van der Waals surface area (Å²) in [7, 11) is 2.66. The van der Waals surface area contributed by atoms with Gasteiger partial charge >= 0.3 is 5.97 Å². The topological polar surface area (TPSA) is 64.6 Å². The molecule has 1 rings (SSSR count). The fourth-order valence-corrected chi connectivity index (χ4v) is 1.39. The van der Waals surface area contributed by atoms with E-state index in [9.17, 15) is 9.59 Å². The first-order chi connectivity index (χ1) is 8.08. The molecular weight excluding hydrogens is 246 g/mol. The van der Waals surface area contributed by atoms with Crippen molar-refractivity contribution in [2.75, 3.05) is 26.1 Å². The number of amides is 1. The van der Waals surface area contributed by atoms with Crippen LogP contribution in [-0.4, -0.2) is 32.7 Å². The second-order valence-electron chi connectivity index (χ2n) is 3.16. The van der Waals surface area contributed by atoms with E-state index in [0.717, 1.165) is 0 Å². The second kappa shape index (κ2) is 6.22. The number of esters is 1. The van der Waals surface area contributed by atoms with E-state index in [1.54, 1.807) is 6.07 Å². The minimum Gasteiger partial charge on any atom is -0.465 e. The van der Waals surface area contributed by atoms with Crippen molar-refractivity contribution in [3.63, 3.8) is 0 Å². The van der Waals surface area contributed by atoms with Gasteiger partial charge in [-0.3, -0.25) is 4.79 Å². The smallest absolute Gasteiger partial charge is 0.340 e. The van der Waals surface area contributed by atoms with Crippen LogP contribution in [0, 0.1) is 0 Å². The van der Waals surface area contributed by atoms with E-state index in [1.807, 2.05) is 0 Å². The van der Waals surface area contributed by atoms with Crippen LogP contribution in [0.4, 0.5) is 5.69 Å². The van der Waals surface area contributed by atoms with E-state index >= 15 is 0 Å². The molecule has 5 nitrogen and oxygen atoms in total. The largest absolute Gasteiger partial charge is 0.465 e. The monoisotopic (exact) mass is 257 g/mol. The SMILES string of the molecule is COCC(=O)Nc1ccc(Cl)cc1C(=O)OC. The Bertz CT molecular complexity index is 433. The molecule has 0 saturated carbocycles. The average molecular weight is 258 g/mol. The zero-order valence-corrected chi connectivity index (χ0v) is 10.2. The highest BCUT2D eigenvalue weighted by Crippen LogP contribution is 2.21. The van der Waals surface area contributed by atoms with E-state index in [1.165, 1.54) is 26.4 Å². The van der Waals surface area contributed by atoms with Crippen molar-refractivity contribution >= 4 is 29.2 Å². The Kier molecular flexibility index (Phi) is 4.93. The summed E-state index contributed by atoms with van der Waals surface area (Å²) in [5.41, 5.74) is 0.535. The normalized spacial score (nSPS) is 9.82. The van der Waals surface area contributed by atoms with E-state index < -0.39 is 5.97 Å². The molecule has 1 aromatic carbocycles. The van der Waals surface area contributed by atoms with E-state index in [2.05, 4.69) is 14.8 Å². The Labute approximate surface area is 104 Å². The van der Waals surface area contributed by atoms with E-state index in [4.69, 9.17) is 11.6 Å². The van der Waals surface area contributed by atoms with Crippen LogP contribution in [-0.2, 0) is 14.3 Å². The number of nitrogens with one attached hydrogen (secondary N) is 1. The van der Waals surface area contributed by atoms with Crippen LogP contribution in [0.1, 0.15) is 10.4 Å². The minimum absolute atomic E-state index is 0.0940. The first kappa shape index (κ1) is 13.5. The number of hydrogen-bond donors (Lipinski definition) is 1. The third kappa shape index (κ3) is 3.72. The van der Waals surface area contributed by atoms with Crippen molar-refractivity contribution in [2.45, 2.75) is 0 Å². The van der Waals surface area contributed by atoms with Gasteiger partial charge < -0.3 is 14.8 Å². The summed E-state index contributed by atoms with van der Waals surface area (Å²) in [6.07, 6.45) is 0. The summed E-state index contributed by atoms with van der Waals surface area (Å²) in [5.74, 6) is -0.930. The van der Waals surface area contributed by atoms with Gasteiger partial charge in [-0.25, -0.2) is 4.79 Å². The number of rotatable bonds is 4. The molecule has 0 spiro atoms. The highest BCUT2D eigenvalue weighted by atomic mass is 35.5. The Morgan fingerprint density at radius 1 is 1.35 bits per heavy atom. The Morgan fingerprint density at radius 3 is 2.65 bits per heavy atom. The summed E-state index contributed by atoms with van der Waals surface area (Å²) in [6, 6.07) is 4.52. The molecule has 92 valence electrons. The fourth-order valence-electron chi connectivity index (χ4n) is 1.22. The van der Waals surface area contributed by atoms with Crippen molar-refractivity contribution in [3.05, 3.63) is 28.8 Å². The van der Waals surface area contributed by atoms with Crippen LogP contribution in [0.5, 0.6) is 0 Å². The standard InChI is InChI=1S/C11H12ClNO4/c1-16-6-10(14)13-9-4-3-7(12)5-8(9)11(15)17-2/h3-5H,6H2,1-2H3,(H,13,14). The number of anilines is 1. The molecule has 0 aliphatic heterocycles. The highest BCUT2D eigenvalue weighted by molar-refractivity contribution is 6.31. The maximum Gasteiger partial charge on any atom is 0.340 e. The van der Waals surface area contributed by atoms with E-state index in [0.29, 0.717) is 10.7 Å².